The summed E-state index contributed by atoms with van der Waals surface area (Å²) < 4.78 is 8.44. The standard InChI is InChI=1S/C30H27NO.C2H6/c1-22-12-14-24(15-13-22)20-31-29-11-7-6-10-28(29)23(2)30(31)26-16-18-27(19-17-26)32-21-25-8-4-3-5-9-25;1-2/h3-19H,20-21H2,1-2H3;1-2H3. The van der Waals surface area contributed by atoms with Gasteiger partial charge in [0, 0.05) is 17.4 Å². The van der Waals surface area contributed by atoms with E-state index in [2.05, 4.69) is 103 Å². The van der Waals surface area contributed by atoms with E-state index in [4.69, 9.17) is 4.74 Å². The van der Waals surface area contributed by atoms with Gasteiger partial charge in [0.25, 0.3) is 0 Å². The van der Waals surface area contributed by atoms with E-state index in [0.29, 0.717) is 6.61 Å². The number of benzene rings is 4. The van der Waals surface area contributed by atoms with Gasteiger partial charge in [0.2, 0.25) is 0 Å². The fourth-order valence-corrected chi connectivity index (χ4v) is 4.34. The van der Waals surface area contributed by atoms with Crippen LogP contribution in [0.2, 0.25) is 0 Å². The fraction of sp³-hybridized carbons (Fsp3) is 0.188. The molecule has 0 fully saturated rings. The van der Waals surface area contributed by atoms with Crippen LogP contribution in [-0.4, -0.2) is 4.57 Å². The first-order valence-corrected chi connectivity index (χ1v) is 12.1. The number of aryl methyl sites for hydroxylation is 2. The summed E-state index contributed by atoms with van der Waals surface area (Å²) in [5.41, 5.74) is 8.81. The van der Waals surface area contributed by atoms with Crippen LogP contribution in [0.5, 0.6) is 5.75 Å². The van der Waals surface area contributed by atoms with Crippen LogP contribution >= 0.6 is 0 Å². The van der Waals surface area contributed by atoms with Gasteiger partial charge in [-0.3, -0.25) is 0 Å². The molecule has 34 heavy (non-hydrogen) atoms. The number of aromatic nitrogens is 1. The third-order valence-electron chi connectivity index (χ3n) is 6.06. The molecule has 0 amide bonds. The highest BCUT2D eigenvalue weighted by atomic mass is 16.5. The van der Waals surface area contributed by atoms with E-state index < -0.39 is 0 Å². The second-order valence-electron chi connectivity index (χ2n) is 8.36. The van der Waals surface area contributed by atoms with Crippen molar-refractivity contribution >= 4 is 10.9 Å². The van der Waals surface area contributed by atoms with Gasteiger partial charge in [0.05, 0.1) is 5.69 Å². The van der Waals surface area contributed by atoms with E-state index in [1.54, 1.807) is 0 Å². The quantitative estimate of drug-likeness (QED) is 0.254. The zero-order valence-electron chi connectivity index (χ0n) is 20.6. The van der Waals surface area contributed by atoms with Crippen molar-refractivity contribution in [3.8, 4) is 17.0 Å². The maximum Gasteiger partial charge on any atom is 0.119 e. The Bertz CT molecular complexity index is 1330. The first-order chi connectivity index (χ1) is 16.7. The predicted octanol–water partition coefficient (Wildman–Crippen LogP) is 8.58. The molecule has 0 saturated heterocycles. The Kier molecular flexibility index (Phi) is 7.49. The molecule has 0 atom stereocenters. The van der Waals surface area contributed by atoms with Crippen molar-refractivity contribution in [2.75, 3.05) is 0 Å². The van der Waals surface area contributed by atoms with E-state index in [1.807, 2.05) is 32.0 Å². The molecular weight excluding hydrogens is 414 g/mol. The van der Waals surface area contributed by atoms with Crippen molar-refractivity contribution in [2.24, 2.45) is 0 Å². The first kappa shape index (κ1) is 23.4. The van der Waals surface area contributed by atoms with Crippen LogP contribution < -0.4 is 4.74 Å². The third-order valence-corrected chi connectivity index (χ3v) is 6.06. The Morgan fingerprint density at radius 2 is 1.29 bits per heavy atom. The molecule has 0 spiro atoms. The lowest BCUT2D eigenvalue weighted by Crippen LogP contribution is -2.02. The summed E-state index contributed by atoms with van der Waals surface area (Å²) in [4.78, 5) is 0. The highest BCUT2D eigenvalue weighted by molar-refractivity contribution is 5.91. The highest BCUT2D eigenvalue weighted by Gasteiger charge is 2.16. The summed E-state index contributed by atoms with van der Waals surface area (Å²) in [6.45, 7) is 9.78. The van der Waals surface area contributed by atoms with Gasteiger partial charge in [-0.05, 0) is 66.4 Å². The molecule has 0 N–H and O–H groups in total. The van der Waals surface area contributed by atoms with Gasteiger partial charge in [-0.25, -0.2) is 0 Å². The molecule has 0 bridgehead atoms. The molecule has 2 heteroatoms. The lowest BCUT2D eigenvalue weighted by Gasteiger charge is -2.13. The Morgan fingerprint density at radius 1 is 0.647 bits per heavy atom. The molecule has 0 aliphatic carbocycles. The van der Waals surface area contributed by atoms with Gasteiger partial charge in [-0.1, -0.05) is 92.2 Å². The van der Waals surface area contributed by atoms with Crippen molar-refractivity contribution in [2.45, 2.75) is 40.8 Å². The van der Waals surface area contributed by atoms with E-state index in [9.17, 15) is 0 Å². The molecule has 2 nitrogen and oxygen atoms in total. The van der Waals surface area contributed by atoms with Gasteiger partial charge in [-0.15, -0.1) is 0 Å². The molecule has 1 aromatic heterocycles. The van der Waals surface area contributed by atoms with Crippen LogP contribution in [0.15, 0.2) is 103 Å². The van der Waals surface area contributed by atoms with Crippen LogP contribution in [0.25, 0.3) is 22.2 Å². The minimum atomic E-state index is 0.576. The minimum absolute atomic E-state index is 0.576. The van der Waals surface area contributed by atoms with E-state index >= 15 is 0 Å². The number of hydrogen-bond donors (Lipinski definition) is 0. The average molecular weight is 448 g/mol. The van der Waals surface area contributed by atoms with Crippen LogP contribution in [0.3, 0.4) is 0 Å². The molecule has 0 aliphatic rings. The Hall–Kier alpha value is -3.78. The summed E-state index contributed by atoms with van der Waals surface area (Å²) in [6, 6.07) is 36.3. The molecule has 5 aromatic rings. The SMILES string of the molecule is CC.Cc1ccc(Cn2c(-c3ccc(OCc4ccccc4)cc3)c(C)c3ccccc32)cc1. The fourth-order valence-electron chi connectivity index (χ4n) is 4.34. The van der Waals surface area contributed by atoms with Crippen molar-refractivity contribution < 1.29 is 4.74 Å². The van der Waals surface area contributed by atoms with Crippen LogP contribution in [-0.2, 0) is 13.2 Å². The number of fused-ring (bicyclic) bond motifs is 1. The Balaban J connectivity index is 0.00000133. The topological polar surface area (TPSA) is 14.2 Å². The number of para-hydroxylation sites is 1. The van der Waals surface area contributed by atoms with Gasteiger partial charge in [0.1, 0.15) is 12.4 Å². The van der Waals surface area contributed by atoms with E-state index in [1.165, 1.54) is 44.4 Å². The van der Waals surface area contributed by atoms with Gasteiger partial charge >= 0.3 is 0 Å². The zero-order chi connectivity index (χ0) is 23.9. The summed E-state index contributed by atoms with van der Waals surface area (Å²) in [6.07, 6.45) is 0. The molecule has 4 aromatic carbocycles. The summed E-state index contributed by atoms with van der Waals surface area (Å²) in [7, 11) is 0. The van der Waals surface area contributed by atoms with Crippen molar-refractivity contribution in [3.63, 3.8) is 0 Å². The number of hydrogen-bond acceptors (Lipinski definition) is 1. The maximum atomic E-state index is 6.00. The smallest absolute Gasteiger partial charge is 0.119 e. The third kappa shape index (κ3) is 5.07. The molecule has 1 heterocycles. The molecule has 0 radical (unpaired) electrons. The minimum Gasteiger partial charge on any atom is -0.489 e. The molecule has 5 rings (SSSR count). The Morgan fingerprint density at radius 3 is 2.00 bits per heavy atom. The van der Waals surface area contributed by atoms with Crippen LogP contribution in [0, 0.1) is 13.8 Å². The number of ether oxygens (including phenoxy) is 1. The summed E-state index contributed by atoms with van der Waals surface area (Å²) in [5.74, 6) is 0.886. The lowest BCUT2D eigenvalue weighted by molar-refractivity contribution is 0.306. The van der Waals surface area contributed by atoms with Gasteiger partial charge < -0.3 is 9.30 Å². The second-order valence-corrected chi connectivity index (χ2v) is 8.36. The van der Waals surface area contributed by atoms with Crippen molar-refractivity contribution in [1.29, 1.82) is 0 Å². The first-order valence-electron chi connectivity index (χ1n) is 12.1. The normalized spacial score (nSPS) is 10.6. The van der Waals surface area contributed by atoms with E-state index in [-0.39, 0.29) is 0 Å². The largest absolute Gasteiger partial charge is 0.489 e. The summed E-state index contributed by atoms with van der Waals surface area (Å²) >= 11 is 0. The number of nitrogens with zero attached hydrogens (tertiary/aromatic N) is 1. The van der Waals surface area contributed by atoms with E-state index in [0.717, 1.165) is 12.3 Å². The highest BCUT2D eigenvalue weighted by Crippen LogP contribution is 2.34. The molecule has 0 unspecified atom stereocenters. The summed E-state index contributed by atoms with van der Waals surface area (Å²) in [5, 5.41) is 1.30. The molecule has 0 aliphatic heterocycles. The predicted molar refractivity (Wildman–Crippen MR) is 145 cm³/mol. The van der Waals surface area contributed by atoms with Crippen molar-refractivity contribution in [3.05, 3.63) is 125 Å². The molecule has 172 valence electrons. The zero-order valence-corrected chi connectivity index (χ0v) is 20.6. The average Bonchev–Trinajstić information content (AvgIpc) is 3.17. The molecule has 0 saturated carbocycles. The Labute approximate surface area is 203 Å². The monoisotopic (exact) mass is 447 g/mol. The van der Waals surface area contributed by atoms with Gasteiger partial charge in [0.15, 0.2) is 0 Å². The maximum absolute atomic E-state index is 6.00. The van der Waals surface area contributed by atoms with Gasteiger partial charge in [-0.2, -0.15) is 0 Å². The van der Waals surface area contributed by atoms with Crippen LogP contribution in [0.1, 0.15) is 36.1 Å². The number of rotatable bonds is 6. The lowest BCUT2D eigenvalue weighted by atomic mass is 10.1. The molecular formula is C32H33NO. The second kappa shape index (κ2) is 10.9. The van der Waals surface area contributed by atoms with Crippen molar-refractivity contribution in [1.82, 2.24) is 4.57 Å². The van der Waals surface area contributed by atoms with Crippen LogP contribution in [0.4, 0.5) is 0 Å².